The maximum Gasteiger partial charge on any atom is 0.310 e. The molecule has 2 heterocycles. The summed E-state index contributed by atoms with van der Waals surface area (Å²) < 4.78 is 5.03. The number of anilines is 1. The van der Waals surface area contributed by atoms with Gasteiger partial charge in [-0.1, -0.05) is 41.4 Å². The Morgan fingerprint density at radius 2 is 2.04 bits per heavy atom. The number of nitrogens with one attached hydrogen (secondary N) is 2. The molecule has 3 rings (SSSR count). The summed E-state index contributed by atoms with van der Waals surface area (Å²) in [5.74, 6) is -0.865. The molecule has 2 N–H and O–H groups in total. The topological polar surface area (TPSA) is 84.1 Å². The molecule has 1 aromatic carbocycles. The van der Waals surface area contributed by atoms with Crippen molar-refractivity contribution in [2.24, 2.45) is 0 Å². The van der Waals surface area contributed by atoms with Crippen molar-refractivity contribution in [1.82, 2.24) is 9.97 Å². The van der Waals surface area contributed by atoms with Crippen molar-refractivity contribution in [3.05, 3.63) is 57.8 Å². The molecule has 0 fully saturated rings. The SMILES string of the molecule is Cc1c(Cl)cnc(NC(=O)COC(=O)Cc2c[nH]c3ccccc23)c1Cl. The minimum Gasteiger partial charge on any atom is -0.455 e. The second-order valence-corrected chi connectivity index (χ2v) is 6.42. The number of rotatable bonds is 5. The number of hydrogen-bond donors (Lipinski definition) is 2. The number of para-hydroxylation sites is 1. The van der Waals surface area contributed by atoms with E-state index in [0.717, 1.165) is 16.5 Å². The van der Waals surface area contributed by atoms with E-state index in [1.807, 2.05) is 24.3 Å². The second-order valence-electron chi connectivity index (χ2n) is 5.64. The molecule has 8 heteroatoms. The fraction of sp³-hybridized carbons (Fsp3) is 0.167. The smallest absolute Gasteiger partial charge is 0.310 e. The average molecular weight is 392 g/mol. The molecule has 0 unspecified atom stereocenters. The minimum atomic E-state index is -0.534. The van der Waals surface area contributed by atoms with Crippen molar-refractivity contribution in [1.29, 1.82) is 0 Å². The lowest BCUT2D eigenvalue weighted by molar-refractivity contribution is -0.146. The predicted octanol–water partition coefficient (Wildman–Crippen LogP) is 3.90. The van der Waals surface area contributed by atoms with Crippen molar-refractivity contribution in [2.75, 3.05) is 11.9 Å². The minimum absolute atomic E-state index is 0.0658. The molecule has 1 amide bonds. The number of esters is 1. The maximum absolute atomic E-state index is 12.0. The van der Waals surface area contributed by atoms with E-state index in [9.17, 15) is 9.59 Å². The van der Waals surface area contributed by atoms with E-state index < -0.39 is 18.5 Å². The van der Waals surface area contributed by atoms with Crippen LogP contribution in [0.2, 0.25) is 10.0 Å². The first-order valence-electron chi connectivity index (χ1n) is 7.76. The summed E-state index contributed by atoms with van der Waals surface area (Å²) in [6, 6.07) is 7.63. The zero-order chi connectivity index (χ0) is 18.7. The van der Waals surface area contributed by atoms with Gasteiger partial charge in [-0.05, 0) is 24.1 Å². The number of aromatic nitrogens is 2. The van der Waals surface area contributed by atoms with Gasteiger partial charge in [0.05, 0.1) is 16.5 Å². The third-order valence-electron chi connectivity index (χ3n) is 3.83. The number of aromatic amines is 1. The van der Waals surface area contributed by atoms with Crippen LogP contribution in [0.25, 0.3) is 10.9 Å². The van der Waals surface area contributed by atoms with Gasteiger partial charge in [-0.3, -0.25) is 9.59 Å². The highest BCUT2D eigenvalue weighted by atomic mass is 35.5. The molecule has 0 saturated heterocycles. The first kappa shape index (κ1) is 18.2. The third-order valence-corrected chi connectivity index (χ3v) is 4.68. The molecule has 26 heavy (non-hydrogen) atoms. The summed E-state index contributed by atoms with van der Waals surface area (Å²) in [6.07, 6.45) is 3.21. The molecule has 0 spiro atoms. The Morgan fingerprint density at radius 3 is 2.85 bits per heavy atom. The summed E-state index contributed by atoms with van der Waals surface area (Å²) >= 11 is 12.0. The number of carbonyl (C=O) groups excluding carboxylic acids is 2. The Bertz CT molecular complexity index is 985. The molecule has 6 nitrogen and oxygen atoms in total. The van der Waals surface area contributed by atoms with Crippen LogP contribution in [0, 0.1) is 6.92 Å². The van der Waals surface area contributed by atoms with Crippen LogP contribution >= 0.6 is 23.2 Å². The number of H-pyrrole nitrogens is 1. The van der Waals surface area contributed by atoms with Crippen LogP contribution < -0.4 is 5.32 Å². The lowest BCUT2D eigenvalue weighted by Crippen LogP contribution is -2.22. The molecule has 0 radical (unpaired) electrons. The number of amides is 1. The van der Waals surface area contributed by atoms with E-state index in [-0.39, 0.29) is 17.3 Å². The van der Waals surface area contributed by atoms with E-state index in [1.54, 1.807) is 13.1 Å². The molecule has 0 aliphatic carbocycles. The fourth-order valence-corrected chi connectivity index (χ4v) is 2.83. The Kier molecular flexibility index (Phi) is 5.44. The number of hydrogen-bond acceptors (Lipinski definition) is 4. The van der Waals surface area contributed by atoms with Crippen LogP contribution in [0.3, 0.4) is 0 Å². The molecule has 0 saturated carbocycles. The molecular formula is C18H15Cl2N3O3. The van der Waals surface area contributed by atoms with E-state index in [0.29, 0.717) is 10.6 Å². The second kappa shape index (κ2) is 7.76. The average Bonchev–Trinajstić information content (AvgIpc) is 3.03. The summed E-state index contributed by atoms with van der Waals surface area (Å²) in [7, 11) is 0. The van der Waals surface area contributed by atoms with Gasteiger partial charge >= 0.3 is 5.97 Å². The van der Waals surface area contributed by atoms with E-state index in [1.165, 1.54) is 6.20 Å². The van der Waals surface area contributed by atoms with Crippen LogP contribution in [0.1, 0.15) is 11.1 Å². The van der Waals surface area contributed by atoms with Gasteiger partial charge < -0.3 is 15.0 Å². The molecule has 3 aromatic rings. The van der Waals surface area contributed by atoms with Crippen molar-refractivity contribution in [3.63, 3.8) is 0 Å². The number of pyridine rings is 1. The zero-order valence-electron chi connectivity index (χ0n) is 13.8. The molecule has 0 bridgehead atoms. The van der Waals surface area contributed by atoms with E-state index in [4.69, 9.17) is 27.9 Å². The summed E-state index contributed by atoms with van der Waals surface area (Å²) in [5, 5.41) is 4.09. The van der Waals surface area contributed by atoms with Gasteiger partial charge in [0.1, 0.15) is 0 Å². The summed E-state index contributed by atoms with van der Waals surface area (Å²) in [6.45, 7) is 1.28. The van der Waals surface area contributed by atoms with Gasteiger partial charge in [0.25, 0.3) is 5.91 Å². The first-order valence-corrected chi connectivity index (χ1v) is 8.52. The Labute approximate surface area is 159 Å². The van der Waals surface area contributed by atoms with E-state index >= 15 is 0 Å². The number of halogens is 2. The highest BCUT2D eigenvalue weighted by Gasteiger charge is 2.14. The van der Waals surface area contributed by atoms with E-state index in [2.05, 4.69) is 15.3 Å². The van der Waals surface area contributed by atoms with Crippen molar-refractivity contribution in [3.8, 4) is 0 Å². The van der Waals surface area contributed by atoms with Gasteiger partial charge in [-0.2, -0.15) is 0 Å². The lowest BCUT2D eigenvalue weighted by Gasteiger charge is -2.09. The highest BCUT2D eigenvalue weighted by molar-refractivity contribution is 6.37. The number of ether oxygens (including phenoxy) is 1. The quantitative estimate of drug-likeness (QED) is 0.645. The highest BCUT2D eigenvalue weighted by Crippen LogP contribution is 2.28. The van der Waals surface area contributed by atoms with Gasteiger partial charge in [0, 0.05) is 23.3 Å². The number of fused-ring (bicyclic) bond motifs is 1. The molecular weight excluding hydrogens is 377 g/mol. The summed E-state index contributed by atoms with van der Waals surface area (Å²) in [4.78, 5) is 31.0. The van der Waals surface area contributed by atoms with Crippen molar-refractivity contribution < 1.29 is 14.3 Å². The number of benzene rings is 1. The lowest BCUT2D eigenvalue weighted by atomic mass is 10.1. The van der Waals surface area contributed by atoms with Crippen molar-refractivity contribution in [2.45, 2.75) is 13.3 Å². The normalized spacial score (nSPS) is 10.7. The fourth-order valence-electron chi connectivity index (χ4n) is 2.44. The molecule has 134 valence electrons. The van der Waals surface area contributed by atoms with Crippen LogP contribution in [-0.4, -0.2) is 28.5 Å². The summed E-state index contributed by atoms with van der Waals surface area (Å²) in [5.41, 5.74) is 2.35. The van der Waals surface area contributed by atoms with Crippen LogP contribution in [0.15, 0.2) is 36.7 Å². The molecule has 0 atom stereocenters. The first-order chi connectivity index (χ1) is 12.5. The molecule has 2 aromatic heterocycles. The van der Waals surface area contributed by atoms with Crippen LogP contribution in [-0.2, 0) is 20.7 Å². The monoisotopic (exact) mass is 391 g/mol. The Morgan fingerprint density at radius 1 is 1.27 bits per heavy atom. The van der Waals surface area contributed by atoms with Gasteiger partial charge in [-0.15, -0.1) is 0 Å². The number of nitrogens with zero attached hydrogens (tertiary/aromatic N) is 1. The third kappa shape index (κ3) is 3.98. The molecule has 0 aliphatic heterocycles. The Balaban J connectivity index is 1.56. The predicted molar refractivity (Wildman–Crippen MR) is 101 cm³/mol. The number of carbonyl (C=O) groups is 2. The standard InChI is InChI=1S/C18H15Cl2N3O3/c1-10-13(19)8-22-18(17(10)20)23-15(24)9-26-16(25)6-11-7-21-14-5-3-2-4-12(11)14/h2-5,7-8,21H,6,9H2,1H3,(H,22,23,24). The van der Waals surface area contributed by atoms with Gasteiger partial charge in [0.2, 0.25) is 0 Å². The van der Waals surface area contributed by atoms with Crippen molar-refractivity contribution >= 4 is 51.8 Å². The molecule has 0 aliphatic rings. The van der Waals surface area contributed by atoms with Crippen LogP contribution in [0.5, 0.6) is 0 Å². The van der Waals surface area contributed by atoms with Gasteiger partial charge in [0.15, 0.2) is 12.4 Å². The van der Waals surface area contributed by atoms with Gasteiger partial charge in [-0.25, -0.2) is 4.98 Å². The maximum atomic E-state index is 12.0. The zero-order valence-corrected chi connectivity index (χ0v) is 15.3. The van der Waals surface area contributed by atoms with Crippen LogP contribution in [0.4, 0.5) is 5.82 Å². The largest absolute Gasteiger partial charge is 0.455 e. The Hall–Kier alpha value is -2.57.